The Bertz CT molecular complexity index is 627. The standard InChI is InChI=1S/C16H22F2N4S/c1-22(16-13-4-5-19-15(13)20-10-21-16)12-7-11(8-12)9-23-6-2-3-14(17)18/h4-5,10-12,14H,2-3,6-9H2,1H3,(H,19,20,21)/t11-,12+. The van der Waals surface area contributed by atoms with Gasteiger partial charge in [0.05, 0.1) is 5.39 Å². The second-order valence-corrected chi connectivity index (χ2v) is 7.30. The van der Waals surface area contributed by atoms with Gasteiger partial charge in [0.25, 0.3) is 0 Å². The maximum atomic E-state index is 12.1. The molecule has 1 N–H and O–H groups in total. The number of halogens is 2. The fraction of sp³-hybridized carbons (Fsp3) is 0.625. The Balaban J connectivity index is 1.43. The average Bonchev–Trinajstić information content (AvgIpc) is 2.96. The fourth-order valence-electron chi connectivity index (χ4n) is 3.06. The van der Waals surface area contributed by atoms with Crippen molar-refractivity contribution in [2.45, 2.75) is 38.2 Å². The van der Waals surface area contributed by atoms with Crippen LogP contribution in [0.5, 0.6) is 0 Å². The molecule has 1 aliphatic carbocycles. The van der Waals surface area contributed by atoms with Gasteiger partial charge in [-0.1, -0.05) is 0 Å². The summed E-state index contributed by atoms with van der Waals surface area (Å²) in [6.07, 6.45) is 4.27. The molecular weight excluding hydrogens is 318 g/mol. The number of anilines is 1. The summed E-state index contributed by atoms with van der Waals surface area (Å²) in [5, 5.41) is 1.06. The van der Waals surface area contributed by atoms with E-state index in [-0.39, 0.29) is 6.42 Å². The number of thioether (sulfide) groups is 1. The molecule has 4 nitrogen and oxygen atoms in total. The van der Waals surface area contributed by atoms with Crippen molar-refractivity contribution < 1.29 is 8.78 Å². The van der Waals surface area contributed by atoms with Crippen LogP contribution >= 0.6 is 11.8 Å². The van der Waals surface area contributed by atoms with Gasteiger partial charge in [0.15, 0.2) is 0 Å². The molecule has 2 aromatic heterocycles. The third-order valence-corrected chi connectivity index (χ3v) is 5.77. The van der Waals surface area contributed by atoms with Crippen LogP contribution in [0.15, 0.2) is 18.6 Å². The fourth-order valence-corrected chi connectivity index (χ4v) is 4.20. The summed E-state index contributed by atoms with van der Waals surface area (Å²) >= 11 is 1.81. The number of aromatic nitrogens is 3. The van der Waals surface area contributed by atoms with Crippen LogP contribution in [0.25, 0.3) is 11.0 Å². The molecule has 1 fully saturated rings. The van der Waals surface area contributed by atoms with Crippen molar-refractivity contribution in [1.29, 1.82) is 0 Å². The second kappa shape index (κ2) is 7.47. The van der Waals surface area contributed by atoms with Crippen LogP contribution in [0, 0.1) is 5.92 Å². The minimum atomic E-state index is -2.16. The molecule has 0 saturated heterocycles. The molecule has 0 unspecified atom stereocenters. The zero-order chi connectivity index (χ0) is 16.2. The van der Waals surface area contributed by atoms with Gasteiger partial charge in [-0.05, 0) is 42.8 Å². The van der Waals surface area contributed by atoms with Gasteiger partial charge in [-0.15, -0.1) is 0 Å². The van der Waals surface area contributed by atoms with E-state index >= 15 is 0 Å². The minimum absolute atomic E-state index is 0.0312. The number of hydrogen-bond acceptors (Lipinski definition) is 4. The number of H-pyrrole nitrogens is 1. The van der Waals surface area contributed by atoms with E-state index in [1.165, 1.54) is 0 Å². The molecule has 0 aromatic carbocycles. The van der Waals surface area contributed by atoms with Gasteiger partial charge < -0.3 is 9.88 Å². The predicted octanol–water partition coefficient (Wildman–Crippen LogP) is 3.95. The highest BCUT2D eigenvalue weighted by atomic mass is 32.2. The summed E-state index contributed by atoms with van der Waals surface area (Å²) in [7, 11) is 2.09. The summed E-state index contributed by atoms with van der Waals surface area (Å²) in [5.41, 5.74) is 0.868. The van der Waals surface area contributed by atoms with Gasteiger partial charge in [-0.2, -0.15) is 11.8 Å². The Morgan fingerprint density at radius 2 is 2.22 bits per heavy atom. The van der Waals surface area contributed by atoms with Crippen molar-refractivity contribution in [2.24, 2.45) is 5.92 Å². The predicted molar refractivity (Wildman–Crippen MR) is 91.4 cm³/mol. The van der Waals surface area contributed by atoms with Crippen molar-refractivity contribution >= 4 is 28.6 Å². The molecule has 126 valence electrons. The number of alkyl halides is 2. The quantitative estimate of drug-likeness (QED) is 0.739. The molecule has 0 bridgehead atoms. The van der Waals surface area contributed by atoms with Gasteiger partial charge in [0.2, 0.25) is 6.43 Å². The number of hydrogen-bond donors (Lipinski definition) is 1. The lowest BCUT2D eigenvalue weighted by atomic mass is 9.81. The summed E-state index contributed by atoms with van der Waals surface area (Å²) < 4.78 is 24.1. The van der Waals surface area contributed by atoms with E-state index in [2.05, 4.69) is 26.9 Å². The Kier molecular flexibility index (Phi) is 5.35. The second-order valence-electron chi connectivity index (χ2n) is 6.15. The normalized spacial score (nSPS) is 20.9. The van der Waals surface area contributed by atoms with Gasteiger partial charge in [-0.3, -0.25) is 0 Å². The molecule has 0 spiro atoms. The van der Waals surface area contributed by atoms with E-state index < -0.39 is 6.43 Å². The zero-order valence-corrected chi connectivity index (χ0v) is 14.0. The van der Waals surface area contributed by atoms with Crippen molar-refractivity contribution in [2.75, 3.05) is 23.5 Å². The van der Waals surface area contributed by atoms with E-state index in [0.717, 1.165) is 41.2 Å². The molecule has 0 atom stereocenters. The summed E-state index contributed by atoms with van der Waals surface area (Å²) in [6.45, 7) is 0. The van der Waals surface area contributed by atoms with Crippen LogP contribution in [-0.4, -0.2) is 46.0 Å². The van der Waals surface area contributed by atoms with Crippen LogP contribution in [0.4, 0.5) is 14.6 Å². The molecular formula is C16H22F2N4S. The highest BCUT2D eigenvalue weighted by Crippen LogP contribution is 2.36. The highest BCUT2D eigenvalue weighted by Gasteiger charge is 2.33. The smallest absolute Gasteiger partial charge is 0.238 e. The van der Waals surface area contributed by atoms with Gasteiger partial charge in [-0.25, -0.2) is 18.7 Å². The number of aromatic amines is 1. The molecule has 0 amide bonds. The Hall–Kier alpha value is -1.37. The monoisotopic (exact) mass is 340 g/mol. The molecule has 1 saturated carbocycles. The largest absolute Gasteiger partial charge is 0.356 e. The molecule has 3 rings (SSSR count). The SMILES string of the molecule is CN(c1ncnc2[nH]ccc12)[C@H]1C[C@@H](CSCCCC(F)F)C1. The summed E-state index contributed by atoms with van der Waals surface area (Å²) in [5.74, 6) is 3.60. The lowest BCUT2D eigenvalue weighted by Crippen LogP contribution is -2.44. The third-order valence-electron chi connectivity index (χ3n) is 4.49. The number of nitrogens with zero attached hydrogens (tertiary/aromatic N) is 3. The molecule has 0 aliphatic heterocycles. The molecule has 2 heterocycles. The van der Waals surface area contributed by atoms with E-state index in [1.807, 2.05) is 24.0 Å². The Labute approximate surface area is 139 Å². The summed E-state index contributed by atoms with van der Waals surface area (Å²) in [6, 6.07) is 2.52. The van der Waals surface area contributed by atoms with E-state index in [4.69, 9.17) is 0 Å². The van der Waals surface area contributed by atoms with E-state index in [9.17, 15) is 8.78 Å². The first-order valence-electron chi connectivity index (χ1n) is 8.02. The number of rotatable bonds is 8. The first kappa shape index (κ1) is 16.5. The lowest BCUT2D eigenvalue weighted by molar-refractivity contribution is 0.137. The van der Waals surface area contributed by atoms with Crippen LogP contribution in [0.3, 0.4) is 0 Å². The average molecular weight is 340 g/mol. The van der Waals surface area contributed by atoms with E-state index in [1.54, 1.807) is 6.33 Å². The van der Waals surface area contributed by atoms with Crippen LogP contribution in [0.1, 0.15) is 25.7 Å². The minimum Gasteiger partial charge on any atom is -0.356 e. The van der Waals surface area contributed by atoms with Crippen molar-refractivity contribution in [3.05, 3.63) is 18.6 Å². The maximum Gasteiger partial charge on any atom is 0.238 e. The third kappa shape index (κ3) is 3.94. The zero-order valence-electron chi connectivity index (χ0n) is 13.2. The molecule has 23 heavy (non-hydrogen) atoms. The maximum absolute atomic E-state index is 12.1. The van der Waals surface area contributed by atoms with E-state index in [0.29, 0.717) is 18.4 Å². The number of nitrogens with one attached hydrogen (secondary N) is 1. The lowest BCUT2D eigenvalue weighted by Gasteiger charge is -2.41. The van der Waals surface area contributed by atoms with Crippen molar-refractivity contribution in [1.82, 2.24) is 15.0 Å². The molecule has 0 radical (unpaired) electrons. The first-order chi connectivity index (χ1) is 11.1. The van der Waals surface area contributed by atoms with Gasteiger partial charge in [0.1, 0.15) is 17.8 Å². The molecule has 2 aromatic rings. The molecule has 1 aliphatic rings. The van der Waals surface area contributed by atoms with Crippen LogP contribution in [-0.2, 0) is 0 Å². The topological polar surface area (TPSA) is 44.8 Å². The van der Waals surface area contributed by atoms with Crippen molar-refractivity contribution in [3.63, 3.8) is 0 Å². The van der Waals surface area contributed by atoms with Crippen LogP contribution in [0.2, 0.25) is 0 Å². The van der Waals surface area contributed by atoms with Gasteiger partial charge in [0, 0.05) is 25.7 Å². The van der Waals surface area contributed by atoms with Crippen molar-refractivity contribution in [3.8, 4) is 0 Å². The summed E-state index contributed by atoms with van der Waals surface area (Å²) in [4.78, 5) is 14.0. The Morgan fingerprint density at radius 1 is 1.39 bits per heavy atom. The Morgan fingerprint density at radius 3 is 3.00 bits per heavy atom. The number of fused-ring (bicyclic) bond motifs is 1. The van der Waals surface area contributed by atoms with Crippen LogP contribution < -0.4 is 4.90 Å². The molecule has 7 heteroatoms. The highest BCUT2D eigenvalue weighted by molar-refractivity contribution is 7.99. The van der Waals surface area contributed by atoms with Gasteiger partial charge >= 0.3 is 0 Å². The first-order valence-corrected chi connectivity index (χ1v) is 9.17.